The van der Waals surface area contributed by atoms with E-state index in [9.17, 15) is 0 Å². The zero-order chi connectivity index (χ0) is 7.84. The minimum absolute atomic E-state index is 0.199. The van der Waals surface area contributed by atoms with Gasteiger partial charge in [0.2, 0.25) is 0 Å². The number of rotatable bonds is 0. The van der Waals surface area contributed by atoms with Crippen LogP contribution in [0.5, 0.6) is 0 Å². The van der Waals surface area contributed by atoms with E-state index in [1.807, 2.05) is 0 Å². The molecule has 1 aliphatic carbocycles. The van der Waals surface area contributed by atoms with Crippen molar-refractivity contribution in [3.63, 3.8) is 0 Å². The van der Waals surface area contributed by atoms with Crippen molar-refractivity contribution in [3.8, 4) is 0 Å². The number of nitrogens with one attached hydrogen (secondary N) is 2. The highest BCUT2D eigenvalue weighted by Crippen LogP contribution is 2.20. The Kier molecular flexibility index (Phi) is 1.19. The first-order valence-electron chi connectivity index (χ1n) is 2.97. The topological polar surface area (TPSA) is 72.4 Å². The Labute approximate surface area is 66.5 Å². The molecule has 0 fully saturated rings. The standard InChI is InChI=1S/C6H4N4S/c7-3-1-5-6(2-4(3)8)10-11-9-5/h1-2,7-8H. The van der Waals surface area contributed by atoms with Crippen LogP contribution in [-0.4, -0.2) is 11.4 Å². The molecular weight excluding hydrogens is 160 g/mol. The lowest BCUT2D eigenvalue weighted by Gasteiger charge is -2.03. The van der Waals surface area contributed by atoms with Crippen LogP contribution in [0.3, 0.4) is 0 Å². The summed E-state index contributed by atoms with van der Waals surface area (Å²) in [6, 6.07) is 0. The van der Waals surface area contributed by atoms with Gasteiger partial charge < -0.3 is 0 Å². The van der Waals surface area contributed by atoms with Crippen LogP contribution < -0.4 is 0 Å². The van der Waals surface area contributed by atoms with Crippen LogP contribution in [0.15, 0.2) is 32.3 Å². The zero-order valence-electron chi connectivity index (χ0n) is 5.46. The van der Waals surface area contributed by atoms with Crippen LogP contribution in [0.25, 0.3) is 0 Å². The third-order valence-corrected chi connectivity index (χ3v) is 1.95. The molecule has 0 radical (unpaired) electrons. The third-order valence-electron chi connectivity index (χ3n) is 1.39. The lowest BCUT2D eigenvalue weighted by atomic mass is 10.1. The third kappa shape index (κ3) is 0.894. The van der Waals surface area contributed by atoms with Crippen molar-refractivity contribution in [2.75, 3.05) is 0 Å². The number of hydrogen-bond donors (Lipinski definition) is 2. The van der Waals surface area contributed by atoms with Crippen molar-refractivity contribution in [1.82, 2.24) is 0 Å². The average Bonchev–Trinajstić information content (AvgIpc) is 2.36. The van der Waals surface area contributed by atoms with Crippen LogP contribution in [0.4, 0.5) is 0 Å². The largest absolute Gasteiger partial charge is 0.299 e. The minimum atomic E-state index is 0.199. The quantitative estimate of drug-likeness (QED) is 0.506. The van der Waals surface area contributed by atoms with Gasteiger partial charge in [0.1, 0.15) is 11.4 Å². The molecule has 2 rings (SSSR count). The molecule has 0 spiro atoms. The first-order valence-corrected chi connectivity index (χ1v) is 3.70. The molecule has 0 aromatic rings. The molecule has 0 unspecified atom stereocenters. The van der Waals surface area contributed by atoms with Gasteiger partial charge >= 0.3 is 0 Å². The van der Waals surface area contributed by atoms with Gasteiger partial charge in [-0.15, -0.1) is 0 Å². The van der Waals surface area contributed by atoms with E-state index in [4.69, 9.17) is 10.8 Å². The van der Waals surface area contributed by atoms with E-state index in [1.54, 1.807) is 12.2 Å². The second kappa shape index (κ2) is 2.06. The summed E-state index contributed by atoms with van der Waals surface area (Å²) in [5.74, 6) is 0. The molecule has 2 aliphatic rings. The maximum atomic E-state index is 7.29. The van der Waals surface area contributed by atoms with Crippen LogP contribution in [-0.2, 0) is 11.4 Å². The predicted molar refractivity (Wildman–Crippen MR) is 43.8 cm³/mol. The van der Waals surface area contributed by atoms with Crippen molar-refractivity contribution in [2.45, 2.75) is 0 Å². The minimum Gasteiger partial charge on any atom is -0.299 e. The summed E-state index contributed by atoms with van der Waals surface area (Å²) in [4.78, 5) is 0. The van der Waals surface area contributed by atoms with E-state index in [-0.39, 0.29) is 11.4 Å². The molecule has 0 saturated carbocycles. The SMILES string of the molecule is N=C1C=C2N=S=NC2=CC1=N. The second-order valence-electron chi connectivity index (χ2n) is 2.15. The fourth-order valence-electron chi connectivity index (χ4n) is 0.831. The number of nitrogens with zero attached hydrogens (tertiary/aromatic N) is 2. The summed E-state index contributed by atoms with van der Waals surface area (Å²) < 4.78 is 7.90. The van der Waals surface area contributed by atoms with Gasteiger partial charge in [-0.3, -0.25) is 10.8 Å². The Bertz CT molecular complexity index is 347. The van der Waals surface area contributed by atoms with E-state index in [2.05, 4.69) is 8.73 Å². The fraction of sp³-hybridized carbons (Fsp3) is 0. The van der Waals surface area contributed by atoms with Gasteiger partial charge in [0.25, 0.3) is 0 Å². The average molecular weight is 164 g/mol. The van der Waals surface area contributed by atoms with Gasteiger partial charge in [-0.25, -0.2) is 0 Å². The molecule has 0 aromatic carbocycles. The summed E-state index contributed by atoms with van der Waals surface area (Å²) in [5.41, 5.74) is 1.81. The van der Waals surface area contributed by atoms with Gasteiger partial charge in [0.05, 0.1) is 22.8 Å². The molecule has 0 aromatic heterocycles. The van der Waals surface area contributed by atoms with Gasteiger partial charge in [-0.2, -0.15) is 8.73 Å². The molecule has 0 bridgehead atoms. The normalized spacial score (nSPS) is 20.7. The van der Waals surface area contributed by atoms with Crippen molar-refractivity contribution < 1.29 is 0 Å². The number of fused-ring (bicyclic) bond motifs is 1. The summed E-state index contributed by atoms with van der Waals surface area (Å²) in [5, 5.41) is 14.6. The second-order valence-corrected chi connectivity index (χ2v) is 2.68. The monoisotopic (exact) mass is 164 g/mol. The van der Waals surface area contributed by atoms with Crippen LogP contribution in [0.2, 0.25) is 0 Å². The molecule has 11 heavy (non-hydrogen) atoms. The van der Waals surface area contributed by atoms with Gasteiger partial charge in [-0.1, -0.05) is 0 Å². The van der Waals surface area contributed by atoms with E-state index in [0.717, 1.165) is 11.4 Å². The zero-order valence-corrected chi connectivity index (χ0v) is 6.27. The molecule has 5 heteroatoms. The number of hydrogen-bond acceptors (Lipinski definition) is 4. The highest BCUT2D eigenvalue weighted by Gasteiger charge is 2.16. The van der Waals surface area contributed by atoms with Gasteiger partial charge in [0, 0.05) is 0 Å². The molecule has 54 valence electrons. The first kappa shape index (κ1) is 6.36. The molecule has 1 heterocycles. The van der Waals surface area contributed by atoms with Crippen molar-refractivity contribution in [1.29, 1.82) is 10.8 Å². The van der Waals surface area contributed by atoms with E-state index in [0.29, 0.717) is 11.4 Å². The van der Waals surface area contributed by atoms with Crippen LogP contribution in [0, 0.1) is 10.8 Å². The van der Waals surface area contributed by atoms with Crippen molar-refractivity contribution in [3.05, 3.63) is 23.5 Å². The van der Waals surface area contributed by atoms with Crippen molar-refractivity contribution in [2.24, 2.45) is 8.73 Å². The molecule has 0 amide bonds. The Morgan fingerprint density at radius 3 is 1.91 bits per heavy atom. The van der Waals surface area contributed by atoms with E-state index < -0.39 is 0 Å². The summed E-state index contributed by atoms with van der Waals surface area (Å²) >= 11 is 1.10. The van der Waals surface area contributed by atoms with Gasteiger partial charge in [-0.05, 0) is 12.2 Å². The maximum absolute atomic E-state index is 7.29. The van der Waals surface area contributed by atoms with Crippen molar-refractivity contribution >= 4 is 22.8 Å². The van der Waals surface area contributed by atoms with Crippen LogP contribution in [0.1, 0.15) is 0 Å². The Balaban J connectivity index is 2.56. The highest BCUT2D eigenvalue weighted by atomic mass is 32.1. The Morgan fingerprint density at radius 1 is 1.00 bits per heavy atom. The first-order chi connectivity index (χ1) is 5.27. The summed E-state index contributed by atoms with van der Waals surface area (Å²) in [6.45, 7) is 0. The van der Waals surface area contributed by atoms with Crippen LogP contribution >= 0.6 is 0 Å². The molecule has 4 nitrogen and oxygen atoms in total. The Hall–Kier alpha value is -1.36. The summed E-state index contributed by atoms with van der Waals surface area (Å²) in [6.07, 6.45) is 3.11. The predicted octanol–water partition coefficient (Wildman–Crippen LogP) is 1.27. The van der Waals surface area contributed by atoms with Gasteiger partial charge in [0.15, 0.2) is 0 Å². The lowest BCUT2D eigenvalue weighted by Crippen LogP contribution is -2.11. The molecule has 1 aliphatic heterocycles. The highest BCUT2D eigenvalue weighted by molar-refractivity contribution is 7.57. The lowest BCUT2D eigenvalue weighted by molar-refractivity contribution is 1.31. The molecule has 0 atom stereocenters. The fourth-order valence-corrected chi connectivity index (χ4v) is 1.34. The number of allylic oxidation sites excluding steroid dienone is 2. The van der Waals surface area contributed by atoms with E-state index >= 15 is 0 Å². The molecule has 2 N–H and O–H groups in total. The molecular formula is C6H4N4S. The molecule has 0 saturated heterocycles. The van der Waals surface area contributed by atoms with E-state index in [1.165, 1.54) is 0 Å². The smallest absolute Gasteiger partial charge is 0.107 e. The summed E-state index contributed by atoms with van der Waals surface area (Å²) in [7, 11) is 0. The maximum Gasteiger partial charge on any atom is 0.107 e. The Morgan fingerprint density at radius 2 is 1.45 bits per heavy atom.